The van der Waals surface area contributed by atoms with Crippen LogP contribution in [0.3, 0.4) is 0 Å². The smallest absolute Gasteiger partial charge is 0.123 e. The molecular formula is C9H17FN2. The molecule has 70 valence electrons. The van der Waals surface area contributed by atoms with Crippen LogP contribution >= 0.6 is 0 Å². The second-order valence-corrected chi connectivity index (χ2v) is 4.17. The summed E-state index contributed by atoms with van der Waals surface area (Å²) in [6.07, 6.45) is 1.56. The van der Waals surface area contributed by atoms with Crippen LogP contribution in [0.1, 0.15) is 19.8 Å². The third-order valence-corrected chi connectivity index (χ3v) is 2.92. The van der Waals surface area contributed by atoms with Crippen molar-refractivity contribution >= 4 is 0 Å². The van der Waals surface area contributed by atoms with Crippen LogP contribution in [0.25, 0.3) is 0 Å². The molecule has 0 aromatic carbocycles. The Morgan fingerprint density at radius 2 is 2.33 bits per heavy atom. The second kappa shape index (κ2) is 2.96. The highest BCUT2D eigenvalue weighted by atomic mass is 19.1. The average molecular weight is 172 g/mol. The Bertz CT molecular complexity index is 168. The lowest BCUT2D eigenvalue weighted by atomic mass is 10.2. The highest BCUT2D eigenvalue weighted by Gasteiger charge is 2.45. The molecule has 1 saturated carbocycles. The van der Waals surface area contributed by atoms with Crippen molar-refractivity contribution in [2.75, 3.05) is 26.2 Å². The summed E-state index contributed by atoms with van der Waals surface area (Å²) in [5, 5.41) is 3.31. The van der Waals surface area contributed by atoms with Crippen molar-refractivity contribution in [1.29, 1.82) is 0 Å². The summed E-state index contributed by atoms with van der Waals surface area (Å²) in [6.45, 7) is 5.86. The molecule has 0 aromatic rings. The van der Waals surface area contributed by atoms with E-state index < -0.39 is 5.67 Å². The zero-order valence-electron chi connectivity index (χ0n) is 7.65. The third-order valence-electron chi connectivity index (χ3n) is 2.92. The molecule has 2 rings (SSSR count). The van der Waals surface area contributed by atoms with E-state index in [1.165, 1.54) is 0 Å². The van der Waals surface area contributed by atoms with Crippen LogP contribution in [0, 0.1) is 0 Å². The van der Waals surface area contributed by atoms with Crippen LogP contribution in [0.5, 0.6) is 0 Å². The van der Waals surface area contributed by atoms with Crippen molar-refractivity contribution in [1.82, 2.24) is 10.2 Å². The van der Waals surface area contributed by atoms with Gasteiger partial charge in [-0.1, -0.05) is 0 Å². The molecular weight excluding hydrogens is 155 g/mol. The van der Waals surface area contributed by atoms with Gasteiger partial charge in [-0.05, 0) is 19.8 Å². The zero-order chi connectivity index (χ0) is 8.60. The van der Waals surface area contributed by atoms with Gasteiger partial charge in [-0.25, -0.2) is 4.39 Å². The van der Waals surface area contributed by atoms with Gasteiger partial charge in [0.1, 0.15) is 5.67 Å². The van der Waals surface area contributed by atoms with Gasteiger partial charge >= 0.3 is 0 Å². The van der Waals surface area contributed by atoms with Crippen molar-refractivity contribution in [3.8, 4) is 0 Å². The predicted molar refractivity (Wildman–Crippen MR) is 47.0 cm³/mol. The molecule has 0 bridgehead atoms. The van der Waals surface area contributed by atoms with Gasteiger partial charge < -0.3 is 5.32 Å². The molecule has 1 aliphatic carbocycles. The maximum atomic E-state index is 13.4. The summed E-state index contributed by atoms with van der Waals surface area (Å²) in [5.41, 5.74) is -0.814. The lowest BCUT2D eigenvalue weighted by molar-refractivity contribution is 0.118. The van der Waals surface area contributed by atoms with Crippen LogP contribution in [0.15, 0.2) is 0 Å². The fraction of sp³-hybridized carbons (Fsp3) is 1.00. The lowest BCUT2D eigenvalue weighted by Gasteiger charge is -2.34. The summed E-state index contributed by atoms with van der Waals surface area (Å²) in [6, 6.07) is 0.506. The van der Waals surface area contributed by atoms with Crippen LogP contribution in [0.2, 0.25) is 0 Å². The lowest BCUT2D eigenvalue weighted by Crippen LogP contribution is -2.51. The summed E-state index contributed by atoms with van der Waals surface area (Å²) in [7, 11) is 0. The molecule has 2 nitrogen and oxygen atoms in total. The summed E-state index contributed by atoms with van der Waals surface area (Å²) < 4.78 is 13.4. The second-order valence-electron chi connectivity index (χ2n) is 4.17. The van der Waals surface area contributed by atoms with Gasteiger partial charge in [0.15, 0.2) is 0 Å². The largest absolute Gasteiger partial charge is 0.314 e. The van der Waals surface area contributed by atoms with Crippen molar-refractivity contribution in [3.05, 3.63) is 0 Å². The van der Waals surface area contributed by atoms with Gasteiger partial charge in [-0.2, -0.15) is 0 Å². The van der Waals surface area contributed by atoms with E-state index in [0.717, 1.165) is 32.5 Å². The van der Waals surface area contributed by atoms with Crippen LogP contribution in [-0.2, 0) is 0 Å². The Balaban J connectivity index is 1.84. The first-order valence-electron chi connectivity index (χ1n) is 4.83. The molecule has 1 saturated heterocycles. The maximum absolute atomic E-state index is 13.4. The van der Waals surface area contributed by atoms with E-state index >= 15 is 0 Å². The number of halogens is 1. The summed E-state index contributed by atoms with van der Waals surface area (Å²) >= 11 is 0. The number of hydrogen-bond donors (Lipinski definition) is 1. The quantitative estimate of drug-likeness (QED) is 0.662. The fourth-order valence-electron chi connectivity index (χ4n) is 1.78. The molecule has 2 aliphatic rings. The van der Waals surface area contributed by atoms with Crippen LogP contribution in [-0.4, -0.2) is 42.8 Å². The molecule has 0 spiro atoms. The van der Waals surface area contributed by atoms with Gasteiger partial charge in [0.25, 0.3) is 0 Å². The Hall–Kier alpha value is -0.150. The minimum atomic E-state index is -0.814. The number of nitrogens with zero attached hydrogens (tertiary/aromatic N) is 1. The van der Waals surface area contributed by atoms with E-state index in [2.05, 4.69) is 17.1 Å². The minimum Gasteiger partial charge on any atom is -0.314 e. The van der Waals surface area contributed by atoms with Gasteiger partial charge in [-0.15, -0.1) is 0 Å². The molecule has 2 fully saturated rings. The molecule has 1 atom stereocenters. The van der Waals surface area contributed by atoms with Crippen LogP contribution < -0.4 is 5.32 Å². The standard InChI is InChI=1S/C9H17FN2/c1-8-6-11-4-5-12(8)7-9(10)2-3-9/h8,11H,2-7H2,1H3. The molecule has 0 amide bonds. The zero-order valence-corrected chi connectivity index (χ0v) is 7.65. The van der Waals surface area contributed by atoms with E-state index in [1.807, 2.05) is 0 Å². The molecule has 1 unspecified atom stereocenters. The predicted octanol–water partition coefficient (Wildman–Crippen LogP) is 0.782. The third kappa shape index (κ3) is 1.77. The van der Waals surface area contributed by atoms with Crippen molar-refractivity contribution in [3.63, 3.8) is 0 Å². The Labute approximate surface area is 73.1 Å². The van der Waals surface area contributed by atoms with Crippen molar-refractivity contribution in [2.45, 2.75) is 31.5 Å². The average Bonchev–Trinajstić information content (AvgIpc) is 2.74. The van der Waals surface area contributed by atoms with E-state index in [1.54, 1.807) is 0 Å². The number of nitrogens with one attached hydrogen (secondary N) is 1. The molecule has 0 radical (unpaired) electrons. The molecule has 1 heterocycles. The SMILES string of the molecule is CC1CNCCN1CC1(F)CC1. The fourth-order valence-corrected chi connectivity index (χ4v) is 1.78. The van der Waals surface area contributed by atoms with E-state index in [4.69, 9.17) is 0 Å². The first-order valence-corrected chi connectivity index (χ1v) is 4.83. The first-order chi connectivity index (χ1) is 5.70. The molecule has 12 heavy (non-hydrogen) atoms. The summed E-state index contributed by atoms with van der Waals surface area (Å²) in [5.74, 6) is 0. The molecule has 1 N–H and O–H groups in total. The molecule has 1 aliphatic heterocycles. The van der Waals surface area contributed by atoms with Gasteiger partial charge in [0.05, 0.1) is 0 Å². The maximum Gasteiger partial charge on any atom is 0.123 e. The number of rotatable bonds is 2. The van der Waals surface area contributed by atoms with Crippen LogP contribution in [0.4, 0.5) is 4.39 Å². The van der Waals surface area contributed by atoms with Crippen molar-refractivity contribution in [2.24, 2.45) is 0 Å². The Kier molecular flexibility index (Phi) is 2.09. The first kappa shape index (κ1) is 8.45. The van der Waals surface area contributed by atoms with Gasteiger partial charge in [-0.3, -0.25) is 4.90 Å². The number of piperazine rings is 1. The topological polar surface area (TPSA) is 15.3 Å². The minimum absolute atomic E-state index is 0.506. The highest BCUT2D eigenvalue weighted by Crippen LogP contribution is 2.40. The highest BCUT2D eigenvalue weighted by molar-refractivity contribution is 4.98. The monoisotopic (exact) mass is 172 g/mol. The van der Waals surface area contributed by atoms with Gasteiger partial charge in [0.2, 0.25) is 0 Å². The number of hydrogen-bond acceptors (Lipinski definition) is 2. The Morgan fingerprint density at radius 3 is 2.92 bits per heavy atom. The van der Waals surface area contributed by atoms with E-state index in [-0.39, 0.29) is 0 Å². The molecule has 0 aromatic heterocycles. The Morgan fingerprint density at radius 1 is 1.58 bits per heavy atom. The summed E-state index contributed by atoms with van der Waals surface area (Å²) in [4.78, 5) is 2.27. The van der Waals surface area contributed by atoms with Crippen molar-refractivity contribution < 1.29 is 4.39 Å². The number of alkyl halides is 1. The molecule has 3 heteroatoms. The van der Waals surface area contributed by atoms with E-state index in [9.17, 15) is 4.39 Å². The van der Waals surface area contributed by atoms with Gasteiger partial charge in [0, 0.05) is 32.2 Å². The van der Waals surface area contributed by atoms with E-state index in [0.29, 0.717) is 12.6 Å². The normalized spacial score (nSPS) is 35.0.